The van der Waals surface area contributed by atoms with E-state index in [4.69, 9.17) is 10.5 Å². The summed E-state index contributed by atoms with van der Waals surface area (Å²) in [6.07, 6.45) is 6.89. The van der Waals surface area contributed by atoms with Crippen molar-refractivity contribution in [3.63, 3.8) is 0 Å². The van der Waals surface area contributed by atoms with Crippen LogP contribution >= 0.6 is 0 Å². The fraction of sp³-hybridized carbons (Fsp3) is 0.542. The summed E-state index contributed by atoms with van der Waals surface area (Å²) in [5.74, 6) is -1.07. The van der Waals surface area contributed by atoms with Gasteiger partial charge in [0.25, 0.3) is 5.91 Å². The van der Waals surface area contributed by atoms with Crippen molar-refractivity contribution in [2.24, 2.45) is 5.73 Å². The second-order valence-corrected chi connectivity index (χ2v) is 8.64. The van der Waals surface area contributed by atoms with Crippen LogP contribution in [0, 0.1) is 0 Å². The lowest BCUT2D eigenvalue weighted by Gasteiger charge is -2.17. The number of rotatable bonds is 13. The number of carboxylic acid groups (broad SMARTS) is 1. The average Bonchev–Trinajstić information content (AvgIpc) is 3.25. The van der Waals surface area contributed by atoms with E-state index in [2.05, 4.69) is 33.7 Å². The normalized spacial score (nSPS) is 13.4. The number of alkyl carbamates (subject to hydrolysis) is 1. The third-order valence-electron chi connectivity index (χ3n) is 5.87. The topological polar surface area (TPSA) is 161 Å². The smallest absolute Gasteiger partial charge is 0.407 e. The van der Waals surface area contributed by atoms with E-state index in [9.17, 15) is 19.5 Å². The lowest BCUT2D eigenvalue weighted by Crippen LogP contribution is -2.43. The Labute approximate surface area is 204 Å². The number of aromatic nitrogens is 3. The Kier molecular flexibility index (Phi) is 9.45. The van der Waals surface area contributed by atoms with Gasteiger partial charge >= 0.3 is 12.1 Å². The fourth-order valence-electron chi connectivity index (χ4n) is 3.94. The van der Waals surface area contributed by atoms with Crippen molar-refractivity contribution in [2.45, 2.75) is 70.9 Å². The zero-order valence-electron chi connectivity index (χ0n) is 20.1. The highest BCUT2D eigenvalue weighted by Crippen LogP contribution is 2.20. The number of carboxylic acids is 1. The predicted octanol–water partition coefficient (Wildman–Crippen LogP) is 2.28. The molecule has 0 saturated carbocycles. The third-order valence-corrected chi connectivity index (χ3v) is 5.87. The quantitative estimate of drug-likeness (QED) is 0.314. The Morgan fingerprint density at radius 1 is 1.29 bits per heavy atom. The predicted molar refractivity (Wildman–Crippen MR) is 129 cm³/mol. The van der Waals surface area contributed by atoms with Crippen molar-refractivity contribution >= 4 is 23.8 Å². The van der Waals surface area contributed by atoms with Crippen molar-refractivity contribution in [3.05, 3.63) is 40.8 Å². The molecule has 3 heterocycles. The number of unbranched alkanes of at least 4 members (excludes halogenated alkanes) is 3. The SMILES string of the molecule is CCCCCCOC(=O)N[C@@H](Cc1nn(CCc2ccc3c(n2)NCCC3)cc1C(N)=O)C(=O)O. The number of nitrogens with one attached hydrogen (secondary N) is 2. The zero-order chi connectivity index (χ0) is 25.2. The van der Waals surface area contributed by atoms with Gasteiger partial charge in [0.2, 0.25) is 0 Å². The molecular weight excluding hydrogens is 452 g/mol. The molecule has 0 aliphatic carbocycles. The summed E-state index contributed by atoms with van der Waals surface area (Å²) in [7, 11) is 0. The van der Waals surface area contributed by atoms with Gasteiger partial charge in [-0.15, -0.1) is 0 Å². The molecule has 2 aromatic rings. The first-order chi connectivity index (χ1) is 16.9. The van der Waals surface area contributed by atoms with Crippen LogP contribution < -0.4 is 16.4 Å². The number of amides is 2. The monoisotopic (exact) mass is 486 g/mol. The summed E-state index contributed by atoms with van der Waals surface area (Å²) < 4.78 is 6.62. The number of fused-ring (bicyclic) bond motifs is 1. The van der Waals surface area contributed by atoms with Crippen molar-refractivity contribution in [2.75, 3.05) is 18.5 Å². The summed E-state index contributed by atoms with van der Waals surface area (Å²) in [5, 5.41) is 19.6. The minimum Gasteiger partial charge on any atom is -0.480 e. The van der Waals surface area contributed by atoms with E-state index >= 15 is 0 Å². The van der Waals surface area contributed by atoms with Gasteiger partial charge < -0.3 is 26.2 Å². The largest absolute Gasteiger partial charge is 0.480 e. The fourth-order valence-corrected chi connectivity index (χ4v) is 3.94. The van der Waals surface area contributed by atoms with E-state index in [-0.39, 0.29) is 24.3 Å². The van der Waals surface area contributed by atoms with Crippen molar-refractivity contribution in [1.29, 1.82) is 0 Å². The summed E-state index contributed by atoms with van der Waals surface area (Å²) in [4.78, 5) is 40.4. The first-order valence-electron chi connectivity index (χ1n) is 12.1. The van der Waals surface area contributed by atoms with Crippen LogP contribution in [0.3, 0.4) is 0 Å². The molecule has 0 radical (unpaired) electrons. The highest BCUT2D eigenvalue weighted by Gasteiger charge is 2.25. The Morgan fingerprint density at radius 3 is 2.86 bits per heavy atom. The molecule has 3 rings (SSSR count). The van der Waals surface area contributed by atoms with Crippen LogP contribution in [0.2, 0.25) is 0 Å². The molecule has 1 aliphatic heterocycles. The van der Waals surface area contributed by atoms with E-state index in [0.29, 0.717) is 19.4 Å². The maximum Gasteiger partial charge on any atom is 0.407 e. The Morgan fingerprint density at radius 2 is 2.11 bits per heavy atom. The second kappa shape index (κ2) is 12.7. The Bertz CT molecular complexity index is 1040. The van der Waals surface area contributed by atoms with Crippen LogP contribution in [-0.4, -0.2) is 57.0 Å². The number of carbonyl (C=O) groups is 3. The van der Waals surface area contributed by atoms with Gasteiger partial charge in [-0.25, -0.2) is 14.6 Å². The van der Waals surface area contributed by atoms with Crippen molar-refractivity contribution < 1.29 is 24.2 Å². The number of hydrogen-bond donors (Lipinski definition) is 4. The average molecular weight is 487 g/mol. The van der Waals surface area contributed by atoms with Gasteiger partial charge in [-0.1, -0.05) is 32.3 Å². The summed E-state index contributed by atoms with van der Waals surface area (Å²) >= 11 is 0. The number of aliphatic carboxylic acids is 1. The minimum atomic E-state index is -1.31. The van der Waals surface area contributed by atoms with Crippen LogP contribution in [0.15, 0.2) is 18.3 Å². The first kappa shape index (κ1) is 26.0. The highest BCUT2D eigenvalue weighted by atomic mass is 16.5. The summed E-state index contributed by atoms with van der Waals surface area (Å²) in [5.41, 5.74) is 7.89. The van der Waals surface area contributed by atoms with Gasteiger partial charge in [0.05, 0.1) is 17.9 Å². The van der Waals surface area contributed by atoms with E-state index in [0.717, 1.165) is 50.2 Å². The lowest BCUT2D eigenvalue weighted by molar-refractivity contribution is -0.139. The van der Waals surface area contributed by atoms with Gasteiger partial charge in [-0.05, 0) is 30.9 Å². The molecule has 0 spiro atoms. The molecule has 11 nitrogen and oxygen atoms in total. The van der Waals surface area contributed by atoms with Crippen LogP contribution in [0.4, 0.5) is 10.6 Å². The summed E-state index contributed by atoms with van der Waals surface area (Å²) in [6, 6.07) is 2.73. The molecule has 0 saturated heterocycles. The molecule has 0 fully saturated rings. The van der Waals surface area contributed by atoms with E-state index < -0.39 is 24.0 Å². The van der Waals surface area contributed by atoms with E-state index in [1.165, 1.54) is 11.8 Å². The molecular formula is C24H34N6O5. The number of aryl methyl sites for hydroxylation is 3. The van der Waals surface area contributed by atoms with Crippen LogP contribution in [0.1, 0.15) is 66.3 Å². The maximum absolute atomic E-state index is 12.0. The molecule has 2 amide bonds. The number of nitrogens with zero attached hydrogens (tertiary/aromatic N) is 3. The zero-order valence-corrected chi connectivity index (χ0v) is 20.1. The Balaban J connectivity index is 1.61. The standard InChI is InChI=1S/C24H34N6O5/c1-2-3-4-5-13-35-24(34)28-20(23(32)33)14-19-18(21(25)31)15-30(29-19)12-10-17-9-8-16-7-6-11-26-22(16)27-17/h8-9,15,20H,2-7,10-14H2,1H3,(H2,25,31)(H,26,27)(H,28,34)(H,32,33)/t20-/m0/s1. The van der Waals surface area contributed by atoms with Crippen LogP contribution in [0.25, 0.3) is 0 Å². The number of anilines is 1. The van der Waals surface area contributed by atoms with E-state index in [1.54, 1.807) is 4.68 Å². The number of pyridine rings is 1. The third kappa shape index (κ3) is 7.69. The number of nitrogens with two attached hydrogens (primary N) is 1. The first-order valence-corrected chi connectivity index (χ1v) is 12.1. The molecule has 2 aromatic heterocycles. The number of ether oxygens (including phenoxy) is 1. The van der Waals surface area contributed by atoms with Gasteiger partial charge in [-0.3, -0.25) is 9.48 Å². The van der Waals surface area contributed by atoms with Gasteiger partial charge in [0, 0.05) is 37.8 Å². The maximum atomic E-state index is 12.0. The molecule has 0 aromatic carbocycles. The number of primary amides is 1. The van der Waals surface area contributed by atoms with Gasteiger partial charge in [0.1, 0.15) is 11.9 Å². The van der Waals surface area contributed by atoms with Crippen molar-refractivity contribution in [3.8, 4) is 0 Å². The number of carbonyl (C=O) groups excluding carboxylic acids is 2. The minimum absolute atomic E-state index is 0.117. The molecule has 0 bridgehead atoms. The number of hydrogen-bond acceptors (Lipinski definition) is 7. The van der Waals surface area contributed by atoms with Crippen LogP contribution in [-0.2, 0) is 35.3 Å². The molecule has 190 valence electrons. The summed E-state index contributed by atoms with van der Waals surface area (Å²) in [6.45, 7) is 3.62. The molecule has 0 unspecified atom stereocenters. The van der Waals surface area contributed by atoms with E-state index in [1.807, 2.05) is 6.07 Å². The molecule has 11 heteroatoms. The van der Waals surface area contributed by atoms with Gasteiger partial charge in [-0.2, -0.15) is 5.10 Å². The lowest BCUT2D eigenvalue weighted by atomic mass is 10.1. The highest BCUT2D eigenvalue weighted by molar-refractivity contribution is 5.94. The Hall–Kier alpha value is -3.63. The van der Waals surface area contributed by atoms with Gasteiger partial charge in [0.15, 0.2) is 0 Å². The second-order valence-electron chi connectivity index (χ2n) is 8.64. The molecule has 35 heavy (non-hydrogen) atoms. The van der Waals surface area contributed by atoms with Crippen LogP contribution in [0.5, 0.6) is 0 Å². The van der Waals surface area contributed by atoms with Crippen molar-refractivity contribution in [1.82, 2.24) is 20.1 Å². The molecule has 1 atom stereocenters. The molecule has 5 N–H and O–H groups in total. The molecule has 1 aliphatic rings.